The second kappa shape index (κ2) is 5.00. The van der Waals surface area contributed by atoms with Gasteiger partial charge in [-0.1, -0.05) is 42.2 Å². The summed E-state index contributed by atoms with van der Waals surface area (Å²) in [5, 5.41) is 8.02. The fourth-order valence-electron chi connectivity index (χ4n) is 0.861. The van der Waals surface area contributed by atoms with Crippen LogP contribution in [-0.2, 0) is 0 Å². The molecular formula is C10H8BrFO. The first-order valence-corrected chi connectivity index (χ1v) is 4.64. The minimum Gasteiger partial charge on any atom is -0.376 e. The average molecular weight is 243 g/mol. The van der Waals surface area contributed by atoms with Crippen LogP contribution in [0.15, 0.2) is 30.3 Å². The molecule has 1 rings (SSSR count). The number of hydrogen-bond acceptors (Lipinski definition) is 1. The Morgan fingerprint density at radius 2 is 1.85 bits per heavy atom. The van der Waals surface area contributed by atoms with Gasteiger partial charge in [0.1, 0.15) is 6.10 Å². The van der Waals surface area contributed by atoms with E-state index in [1.807, 2.05) is 6.07 Å². The van der Waals surface area contributed by atoms with Crippen molar-refractivity contribution in [2.45, 2.75) is 11.2 Å². The molecule has 0 amide bonds. The van der Waals surface area contributed by atoms with Crippen molar-refractivity contribution < 1.29 is 9.50 Å². The molecule has 0 aliphatic heterocycles. The van der Waals surface area contributed by atoms with Crippen molar-refractivity contribution in [1.82, 2.24) is 0 Å². The molecule has 13 heavy (non-hydrogen) atoms. The largest absolute Gasteiger partial charge is 0.376 e. The zero-order chi connectivity index (χ0) is 9.68. The van der Waals surface area contributed by atoms with Crippen molar-refractivity contribution in [3.05, 3.63) is 35.9 Å². The maximum atomic E-state index is 12.2. The quantitative estimate of drug-likeness (QED) is 0.593. The van der Waals surface area contributed by atoms with Crippen LogP contribution in [0.3, 0.4) is 0 Å². The first-order valence-electron chi connectivity index (χ1n) is 3.72. The number of aliphatic hydroxyl groups excluding tert-OH is 1. The first kappa shape index (κ1) is 10.2. The number of hydrogen-bond donors (Lipinski definition) is 1. The number of rotatable bonds is 1. The zero-order valence-corrected chi connectivity index (χ0v) is 8.33. The molecule has 0 bridgehead atoms. The van der Waals surface area contributed by atoms with Crippen molar-refractivity contribution in [2.24, 2.45) is 0 Å². The Bertz CT molecular complexity index is 313. The summed E-state index contributed by atoms with van der Waals surface area (Å²) in [6, 6.07) is 8.90. The van der Waals surface area contributed by atoms with Crippen LogP contribution in [0.25, 0.3) is 0 Å². The van der Waals surface area contributed by atoms with Crippen LogP contribution in [0.5, 0.6) is 0 Å². The highest BCUT2D eigenvalue weighted by molar-refractivity contribution is 9.09. The van der Waals surface area contributed by atoms with E-state index < -0.39 is 11.2 Å². The summed E-state index contributed by atoms with van der Waals surface area (Å²) in [6.45, 7) is 0. The van der Waals surface area contributed by atoms with Crippen molar-refractivity contribution in [3.8, 4) is 11.8 Å². The van der Waals surface area contributed by atoms with Crippen molar-refractivity contribution in [3.63, 3.8) is 0 Å². The van der Waals surface area contributed by atoms with Gasteiger partial charge in [-0.05, 0) is 21.5 Å². The summed E-state index contributed by atoms with van der Waals surface area (Å²) < 4.78 is 12.2. The highest BCUT2D eigenvalue weighted by Gasteiger charge is 2.01. The SMILES string of the molecule is OC(C#CC(F)Br)c1ccccc1. The number of halogens is 2. The molecule has 0 saturated carbocycles. The van der Waals surface area contributed by atoms with Crippen LogP contribution in [0.4, 0.5) is 4.39 Å². The van der Waals surface area contributed by atoms with E-state index in [0.717, 1.165) is 0 Å². The number of aliphatic hydroxyl groups is 1. The van der Waals surface area contributed by atoms with E-state index in [9.17, 15) is 9.50 Å². The molecule has 0 aromatic heterocycles. The Hall–Kier alpha value is -0.850. The Kier molecular flexibility index (Phi) is 3.94. The van der Waals surface area contributed by atoms with E-state index in [1.54, 1.807) is 24.3 Å². The van der Waals surface area contributed by atoms with Gasteiger partial charge >= 0.3 is 0 Å². The molecule has 0 spiro atoms. The molecular weight excluding hydrogens is 235 g/mol. The molecule has 2 atom stereocenters. The molecule has 1 nitrogen and oxygen atoms in total. The summed E-state index contributed by atoms with van der Waals surface area (Å²) in [4.78, 5) is 0. The van der Waals surface area contributed by atoms with Crippen LogP contribution >= 0.6 is 15.9 Å². The predicted octanol–water partition coefficient (Wildman–Crippen LogP) is 2.41. The lowest BCUT2D eigenvalue weighted by molar-refractivity contribution is 0.238. The van der Waals surface area contributed by atoms with Gasteiger partial charge in [-0.15, -0.1) is 0 Å². The standard InChI is InChI=1S/C10H8BrFO/c11-10(12)7-6-9(13)8-4-2-1-3-5-8/h1-5,9-10,13H. The van der Waals surface area contributed by atoms with E-state index in [2.05, 4.69) is 27.8 Å². The Morgan fingerprint density at radius 3 is 2.38 bits per heavy atom. The maximum absolute atomic E-state index is 12.2. The number of alkyl halides is 2. The maximum Gasteiger partial charge on any atom is 0.215 e. The van der Waals surface area contributed by atoms with Crippen LogP contribution in [0.1, 0.15) is 11.7 Å². The molecule has 1 N–H and O–H groups in total. The third-order valence-corrected chi connectivity index (χ3v) is 1.67. The Labute approximate surface area is 84.7 Å². The Morgan fingerprint density at radius 1 is 1.23 bits per heavy atom. The molecule has 1 aromatic rings. The van der Waals surface area contributed by atoms with Gasteiger partial charge in [-0.25, -0.2) is 4.39 Å². The average Bonchev–Trinajstić information content (AvgIpc) is 2.15. The summed E-state index contributed by atoms with van der Waals surface area (Å²) in [5.41, 5.74) is 0.670. The normalized spacial score (nSPS) is 14.1. The zero-order valence-electron chi connectivity index (χ0n) is 6.74. The third-order valence-electron chi connectivity index (χ3n) is 1.44. The minimum absolute atomic E-state index is 0.670. The monoisotopic (exact) mass is 242 g/mol. The molecule has 0 radical (unpaired) electrons. The van der Waals surface area contributed by atoms with E-state index in [4.69, 9.17) is 0 Å². The van der Waals surface area contributed by atoms with E-state index in [1.165, 1.54) is 0 Å². The Balaban J connectivity index is 2.71. The van der Waals surface area contributed by atoms with Crippen LogP contribution in [-0.4, -0.2) is 10.2 Å². The molecule has 0 heterocycles. The number of benzene rings is 1. The predicted molar refractivity (Wildman–Crippen MR) is 53.0 cm³/mol. The molecule has 1 aromatic carbocycles. The van der Waals surface area contributed by atoms with E-state index in [-0.39, 0.29) is 0 Å². The van der Waals surface area contributed by atoms with Gasteiger partial charge in [-0.3, -0.25) is 0 Å². The summed E-state index contributed by atoms with van der Waals surface area (Å²) in [5.74, 6) is 4.58. The second-order valence-corrected chi connectivity index (χ2v) is 3.21. The van der Waals surface area contributed by atoms with Crippen molar-refractivity contribution in [2.75, 3.05) is 0 Å². The molecule has 0 saturated heterocycles. The van der Waals surface area contributed by atoms with Crippen LogP contribution in [0.2, 0.25) is 0 Å². The lowest BCUT2D eigenvalue weighted by Crippen LogP contribution is -1.93. The second-order valence-electron chi connectivity index (χ2n) is 2.40. The lowest BCUT2D eigenvalue weighted by atomic mass is 10.1. The van der Waals surface area contributed by atoms with E-state index in [0.29, 0.717) is 5.56 Å². The molecule has 0 aliphatic rings. The fraction of sp³-hybridized carbons (Fsp3) is 0.200. The van der Waals surface area contributed by atoms with Gasteiger partial charge in [-0.2, -0.15) is 0 Å². The molecule has 2 unspecified atom stereocenters. The highest BCUT2D eigenvalue weighted by atomic mass is 79.9. The lowest BCUT2D eigenvalue weighted by Gasteiger charge is -2.01. The van der Waals surface area contributed by atoms with Gasteiger partial charge in [0.05, 0.1) is 0 Å². The smallest absolute Gasteiger partial charge is 0.215 e. The molecule has 68 valence electrons. The van der Waals surface area contributed by atoms with Gasteiger partial charge in [0.15, 0.2) is 0 Å². The third kappa shape index (κ3) is 3.58. The van der Waals surface area contributed by atoms with E-state index >= 15 is 0 Å². The highest BCUT2D eigenvalue weighted by Crippen LogP contribution is 2.10. The molecule has 0 fully saturated rings. The molecule has 3 heteroatoms. The van der Waals surface area contributed by atoms with Crippen molar-refractivity contribution >= 4 is 15.9 Å². The van der Waals surface area contributed by atoms with Crippen LogP contribution in [0, 0.1) is 11.8 Å². The summed E-state index contributed by atoms with van der Waals surface area (Å²) >= 11 is 2.62. The topological polar surface area (TPSA) is 20.2 Å². The first-order chi connectivity index (χ1) is 6.20. The fourth-order valence-corrected chi connectivity index (χ4v) is 0.993. The van der Waals surface area contributed by atoms with Gasteiger partial charge < -0.3 is 5.11 Å². The minimum atomic E-state index is -1.38. The van der Waals surface area contributed by atoms with Crippen molar-refractivity contribution in [1.29, 1.82) is 0 Å². The van der Waals surface area contributed by atoms with Crippen LogP contribution < -0.4 is 0 Å². The molecule has 0 aliphatic carbocycles. The van der Waals surface area contributed by atoms with Gasteiger partial charge in [0.2, 0.25) is 5.08 Å². The summed E-state index contributed by atoms with van der Waals surface area (Å²) in [6.07, 6.45) is -0.919. The van der Waals surface area contributed by atoms with Gasteiger partial charge in [0.25, 0.3) is 0 Å². The van der Waals surface area contributed by atoms with Gasteiger partial charge in [0, 0.05) is 0 Å². The summed E-state index contributed by atoms with van der Waals surface area (Å²) in [7, 11) is 0.